The Balaban J connectivity index is 0.000000568. The number of para-hydroxylation sites is 2. The minimum absolute atomic E-state index is 0.0895. The molecule has 1 fully saturated rings. The zero-order chi connectivity index (χ0) is 26.6. The van der Waals surface area contributed by atoms with E-state index in [1.165, 1.54) is 5.69 Å². The van der Waals surface area contributed by atoms with Crippen LogP contribution in [0, 0.1) is 0 Å². The highest BCUT2D eigenvalue weighted by molar-refractivity contribution is 6.30. The van der Waals surface area contributed by atoms with Gasteiger partial charge in [-0.05, 0) is 35.4 Å². The average molecular weight is 527 g/mol. The highest BCUT2D eigenvalue weighted by atomic mass is 35.5. The van der Waals surface area contributed by atoms with Gasteiger partial charge in [-0.15, -0.1) is 0 Å². The van der Waals surface area contributed by atoms with E-state index in [0.29, 0.717) is 6.61 Å². The van der Waals surface area contributed by atoms with Gasteiger partial charge in [0, 0.05) is 37.7 Å². The highest BCUT2D eigenvalue weighted by Crippen LogP contribution is 2.29. The zero-order valence-electron chi connectivity index (χ0n) is 20.6. The SMILES string of the molecule is COc1ccccc1N1CCN(CCOC(c2ccccc2)c2ccc(Cl)cc2)CC1.O=C(O)C(=O)O. The second-order valence-corrected chi connectivity index (χ2v) is 8.76. The fraction of sp³-hybridized carbons (Fsp3) is 0.286. The van der Waals surface area contributed by atoms with Crippen molar-refractivity contribution in [1.29, 1.82) is 0 Å². The van der Waals surface area contributed by atoms with Gasteiger partial charge in [0.15, 0.2) is 0 Å². The summed E-state index contributed by atoms with van der Waals surface area (Å²) in [6, 6.07) is 26.6. The number of rotatable bonds is 8. The van der Waals surface area contributed by atoms with E-state index in [1.54, 1.807) is 7.11 Å². The summed E-state index contributed by atoms with van der Waals surface area (Å²) in [7, 11) is 1.73. The van der Waals surface area contributed by atoms with Crippen molar-refractivity contribution >= 4 is 29.2 Å². The molecule has 196 valence electrons. The number of aliphatic carboxylic acids is 2. The fourth-order valence-corrected chi connectivity index (χ4v) is 4.18. The monoisotopic (exact) mass is 526 g/mol. The lowest BCUT2D eigenvalue weighted by Crippen LogP contribution is -2.47. The molecular formula is C28H31ClN2O6. The van der Waals surface area contributed by atoms with E-state index in [-0.39, 0.29) is 6.10 Å². The van der Waals surface area contributed by atoms with Gasteiger partial charge in [-0.25, -0.2) is 9.59 Å². The van der Waals surface area contributed by atoms with Crippen LogP contribution in [0.25, 0.3) is 0 Å². The van der Waals surface area contributed by atoms with E-state index >= 15 is 0 Å². The molecule has 1 heterocycles. The number of hydrogen-bond acceptors (Lipinski definition) is 6. The van der Waals surface area contributed by atoms with Crippen molar-refractivity contribution in [3.8, 4) is 5.75 Å². The van der Waals surface area contributed by atoms with Gasteiger partial charge < -0.3 is 24.6 Å². The largest absolute Gasteiger partial charge is 0.495 e. The maximum Gasteiger partial charge on any atom is 0.414 e. The molecule has 0 radical (unpaired) electrons. The molecule has 37 heavy (non-hydrogen) atoms. The van der Waals surface area contributed by atoms with Gasteiger partial charge in [0.05, 0.1) is 19.4 Å². The molecule has 0 aliphatic carbocycles. The molecular weight excluding hydrogens is 496 g/mol. The number of halogens is 1. The van der Waals surface area contributed by atoms with E-state index in [9.17, 15) is 0 Å². The van der Waals surface area contributed by atoms with Crippen LogP contribution in [0.3, 0.4) is 0 Å². The van der Waals surface area contributed by atoms with Crippen molar-refractivity contribution < 1.29 is 29.3 Å². The fourth-order valence-electron chi connectivity index (χ4n) is 4.05. The van der Waals surface area contributed by atoms with Crippen LogP contribution in [0.5, 0.6) is 5.75 Å². The lowest BCUT2D eigenvalue weighted by Gasteiger charge is -2.36. The normalized spacial score (nSPS) is 14.3. The van der Waals surface area contributed by atoms with Crippen LogP contribution in [-0.4, -0.2) is 73.5 Å². The minimum Gasteiger partial charge on any atom is -0.495 e. The topological polar surface area (TPSA) is 99.5 Å². The summed E-state index contributed by atoms with van der Waals surface area (Å²) in [5, 5.41) is 15.5. The van der Waals surface area contributed by atoms with Gasteiger partial charge >= 0.3 is 11.9 Å². The Labute approximate surface area is 221 Å². The third-order valence-corrected chi connectivity index (χ3v) is 6.20. The van der Waals surface area contributed by atoms with E-state index in [4.69, 9.17) is 40.9 Å². The Kier molecular flexibility index (Phi) is 10.8. The highest BCUT2D eigenvalue weighted by Gasteiger charge is 2.20. The molecule has 1 unspecified atom stereocenters. The molecule has 3 aromatic carbocycles. The molecule has 0 bridgehead atoms. The summed E-state index contributed by atoms with van der Waals surface area (Å²) in [5.74, 6) is -2.71. The number of hydrogen-bond donors (Lipinski definition) is 2. The van der Waals surface area contributed by atoms with Gasteiger partial charge in [0.2, 0.25) is 0 Å². The predicted molar refractivity (Wildman–Crippen MR) is 143 cm³/mol. The van der Waals surface area contributed by atoms with Crippen LogP contribution in [0.4, 0.5) is 5.69 Å². The molecule has 0 saturated carbocycles. The first kappa shape index (κ1) is 28.0. The molecule has 1 saturated heterocycles. The maximum atomic E-state index is 9.10. The first-order valence-corrected chi connectivity index (χ1v) is 12.3. The van der Waals surface area contributed by atoms with Crippen molar-refractivity contribution in [2.24, 2.45) is 0 Å². The summed E-state index contributed by atoms with van der Waals surface area (Å²) >= 11 is 6.08. The second kappa shape index (κ2) is 14.2. The van der Waals surface area contributed by atoms with Crippen LogP contribution in [0.15, 0.2) is 78.9 Å². The molecule has 1 atom stereocenters. The van der Waals surface area contributed by atoms with Crippen LogP contribution in [-0.2, 0) is 14.3 Å². The Hall–Kier alpha value is -3.59. The molecule has 8 nitrogen and oxygen atoms in total. The van der Waals surface area contributed by atoms with Crippen LogP contribution in [0.1, 0.15) is 17.2 Å². The number of nitrogens with zero attached hydrogens (tertiary/aromatic N) is 2. The molecule has 1 aliphatic rings. The third kappa shape index (κ3) is 8.49. The van der Waals surface area contributed by atoms with Crippen molar-refractivity contribution in [2.75, 3.05) is 51.3 Å². The number of piperazine rings is 1. The van der Waals surface area contributed by atoms with Crippen LogP contribution >= 0.6 is 11.6 Å². The molecule has 9 heteroatoms. The van der Waals surface area contributed by atoms with Gasteiger partial charge in [-0.2, -0.15) is 0 Å². The number of anilines is 1. The van der Waals surface area contributed by atoms with E-state index < -0.39 is 11.9 Å². The van der Waals surface area contributed by atoms with Gasteiger partial charge in [-0.1, -0.05) is 66.2 Å². The molecule has 2 N–H and O–H groups in total. The standard InChI is InChI=1S/C26H29ClN2O2.C2H2O4/c1-30-25-10-6-5-9-24(25)29-17-15-28(16-18-29)19-20-31-26(21-7-3-2-4-8-21)22-11-13-23(27)14-12-22;3-1(4)2(5)6/h2-14,26H,15-20H2,1H3;(H,3,4)(H,5,6). The van der Waals surface area contributed by atoms with Crippen molar-refractivity contribution in [2.45, 2.75) is 6.10 Å². The lowest BCUT2D eigenvalue weighted by molar-refractivity contribution is -0.159. The average Bonchev–Trinajstić information content (AvgIpc) is 2.93. The molecule has 0 amide bonds. The lowest BCUT2D eigenvalue weighted by atomic mass is 10.0. The van der Waals surface area contributed by atoms with E-state index in [0.717, 1.165) is 54.6 Å². The summed E-state index contributed by atoms with van der Waals surface area (Å²) in [6.45, 7) is 5.59. The van der Waals surface area contributed by atoms with E-state index in [2.05, 4.69) is 46.2 Å². The Morgan fingerprint density at radius 3 is 2.00 bits per heavy atom. The van der Waals surface area contributed by atoms with E-state index in [1.807, 2.05) is 42.5 Å². The molecule has 0 aromatic heterocycles. The van der Waals surface area contributed by atoms with Crippen molar-refractivity contribution in [3.63, 3.8) is 0 Å². The number of carboxylic acid groups (broad SMARTS) is 2. The zero-order valence-corrected chi connectivity index (χ0v) is 21.4. The summed E-state index contributed by atoms with van der Waals surface area (Å²) in [5.41, 5.74) is 3.45. The number of carbonyl (C=O) groups is 2. The summed E-state index contributed by atoms with van der Waals surface area (Å²) in [6.07, 6.45) is -0.0895. The van der Waals surface area contributed by atoms with Crippen LogP contribution in [0.2, 0.25) is 5.02 Å². The van der Waals surface area contributed by atoms with Crippen LogP contribution < -0.4 is 9.64 Å². The molecule has 3 aromatic rings. The van der Waals surface area contributed by atoms with Gasteiger partial charge in [0.25, 0.3) is 0 Å². The Morgan fingerprint density at radius 1 is 0.838 bits per heavy atom. The first-order chi connectivity index (χ1) is 17.9. The molecule has 1 aliphatic heterocycles. The molecule has 0 spiro atoms. The second-order valence-electron chi connectivity index (χ2n) is 8.32. The predicted octanol–water partition coefficient (Wildman–Crippen LogP) is 4.43. The quantitative estimate of drug-likeness (QED) is 0.416. The third-order valence-electron chi connectivity index (χ3n) is 5.95. The number of benzene rings is 3. The first-order valence-electron chi connectivity index (χ1n) is 11.9. The van der Waals surface area contributed by atoms with Crippen molar-refractivity contribution in [1.82, 2.24) is 4.90 Å². The smallest absolute Gasteiger partial charge is 0.414 e. The molecule has 4 rings (SSSR count). The minimum atomic E-state index is -1.82. The Bertz CT molecular complexity index is 1120. The maximum absolute atomic E-state index is 9.10. The summed E-state index contributed by atoms with van der Waals surface area (Å²) in [4.78, 5) is 23.1. The summed E-state index contributed by atoms with van der Waals surface area (Å²) < 4.78 is 11.9. The number of carboxylic acids is 2. The van der Waals surface area contributed by atoms with Crippen molar-refractivity contribution in [3.05, 3.63) is 95.0 Å². The number of ether oxygens (including phenoxy) is 2. The number of methoxy groups -OCH3 is 1. The van der Waals surface area contributed by atoms with Gasteiger partial charge in [-0.3, -0.25) is 4.90 Å². The Morgan fingerprint density at radius 2 is 1.41 bits per heavy atom. The van der Waals surface area contributed by atoms with Gasteiger partial charge in [0.1, 0.15) is 11.9 Å².